The van der Waals surface area contributed by atoms with Crippen molar-refractivity contribution < 1.29 is 9.53 Å². The van der Waals surface area contributed by atoms with Gasteiger partial charge in [-0.05, 0) is 39.0 Å². The predicted molar refractivity (Wildman–Crippen MR) is 101 cm³/mol. The molecule has 140 valence electrons. The minimum absolute atomic E-state index is 0.0815. The molecule has 2 heterocycles. The van der Waals surface area contributed by atoms with Crippen molar-refractivity contribution in [2.24, 2.45) is 0 Å². The van der Waals surface area contributed by atoms with Crippen molar-refractivity contribution in [2.75, 3.05) is 18.4 Å². The third-order valence-corrected chi connectivity index (χ3v) is 4.57. The zero-order chi connectivity index (χ0) is 18.7. The molecule has 1 aromatic heterocycles. The quantitative estimate of drug-likeness (QED) is 0.877. The van der Waals surface area contributed by atoms with E-state index < -0.39 is 0 Å². The average Bonchev–Trinajstić information content (AvgIpc) is 2.96. The zero-order valence-corrected chi connectivity index (χ0v) is 16.0. The zero-order valence-electron chi connectivity index (χ0n) is 15.3. The molecule has 26 heavy (non-hydrogen) atoms. The van der Waals surface area contributed by atoms with E-state index >= 15 is 0 Å². The minimum atomic E-state index is -0.174. The number of halogens is 1. The lowest BCUT2D eigenvalue weighted by atomic mass is 10.1. The number of amides is 2. The number of carbonyl (C=O) groups excluding carboxylic acids is 1. The van der Waals surface area contributed by atoms with Gasteiger partial charge in [0, 0.05) is 37.0 Å². The molecule has 1 aliphatic rings. The van der Waals surface area contributed by atoms with Crippen molar-refractivity contribution in [3.63, 3.8) is 0 Å². The lowest BCUT2D eigenvalue weighted by Crippen LogP contribution is -2.43. The fourth-order valence-electron chi connectivity index (χ4n) is 3.03. The molecule has 1 saturated heterocycles. The second-order valence-corrected chi connectivity index (χ2v) is 7.15. The number of aryl methyl sites for hydroxylation is 1. The molecule has 0 unspecified atom stereocenters. The number of anilines is 1. The van der Waals surface area contributed by atoms with Crippen LogP contribution in [0.3, 0.4) is 0 Å². The Kier molecular flexibility index (Phi) is 5.66. The SMILES string of the molecule is Cc1nc(NC(=O)N2CCC(Oc3cccc(Cl)c3)CC2)nn1C(C)C. The molecule has 1 N–H and O–H groups in total. The van der Waals surface area contributed by atoms with Crippen molar-refractivity contribution in [1.82, 2.24) is 19.7 Å². The van der Waals surface area contributed by atoms with Gasteiger partial charge in [-0.15, -0.1) is 5.10 Å². The Morgan fingerprint density at radius 3 is 2.69 bits per heavy atom. The van der Waals surface area contributed by atoms with Gasteiger partial charge in [0.2, 0.25) is 5.95 Å². The monoisotopic (exact) mass is 377 g/mol. The topological polar surface area (TPSA) is 72.3 Å². The summed E-state index contributed by atoms with van der Waals surface area (Å²) in [6.45, 7) is 7.18. The third kappa shape index (κ3) is 4.46. The number of hydrogen-bond acceptors (Lipinski definition) is 4. The van der Waals surface area contributed by atoms with E-state index in [1.807, 2.05) is 39.0 Å². The maximum absolute atomic E-state index is 12.4. The first-order valence-electron chi connectivity index (χ1n) is 8.83. The standard InChI is InChI=1S/C18H24ClN5O2/c1-12(2)24-13(3)20-17(22-24)21-18(25)23-9-7-15(8-10-23)26-16-6-4-5-14(19)11-16/h4-6,11-12,15H,7-10H2,1-3H3,(H,21,22,25). The van der Waals surface area contributed by atoms with Crippen LogP contribution in [0.1, 0.15) is 38.6 Å². The van der Waals surface area contributed by atoms with E-state index in [4.69, 9.17) is 16.3 Å². The smallest absolute Gasteiger partial charge is 0.324 e. The fraction of sp³-hybridized carbons (Fsp3) is 0.500. The Hall–Kier alpha value is -2.28. The molecule has 1 fully saturated rings. The number of rotatable bonds is 4. The summed E-state index contributed by atoms with van der Waals surface area (Å²) in [7, 11) is 0. The number of urea groups is 1. The van der Waals surface area contributed by atoms with Gasteiger partial charge < -0.3 is 9.64 Å². The van der Waals surface area contributed by atoms with Crippen molar-refractivity contribution in [3.8, 4) is 5.75 Å². The van der Waals surface area contributed by atoms with Gasteiger partial charge in [0.1, 0.15) is 17.7 Å². The number of benzene rings is 1. The number of piperidine rings is 1. The van der Waals surface area contributed by atoms with Crippen LogP contribution in [0.2, 0.25) is 5.02 Å². The number of ether oxygens (including phenoxy) is 1. The number of nitrogens with zero attached hydrogens (tertiary/aromatic N) is 4. The summed E-state index contributed by atoms with van der Waals surface area (Å²) in [6.07, 6.45) is 1.62. The molecule has 0 bridgehead atoms. The first kappa shape index (κ1) is 18.5. The van der Waals surface area contributed by atoms with Gasteiger partial charge in [0.15, 0.2) is 0 Å². The molecule has 2 aromatic rings. The fourth-order valence-corrected chi connectivity index (χ4v) is 3.21. The van der Waals surface area contributed by atoms with Gasteiger partial charge in [-0.3, -0.25) is 5.32 Å². The Balaban J connectivity index is 1.51. The summed E-state index contributed by atoms with van der Waals surface area (Å²) < 4.78 is 7.75. The number of nitrogens with one attached hydrogen (secondary N) is 1. The van der Waals surface area contributed by atoms with Crippen LogP contribution in [0, 0.1) is 6.92 Å². The highest BCUT2D eigenvalue weighted by Crippen LogP contribution is 2.22. The van der Waals surface area contributed by atoms with E-state index in [1.165, 1.54) is 0 Å². The van der Waals surface area contributed by atoms with Crippen molar-refractivity contribution in [2.45, 2.75) is 45.8 Å². The lowest BCUT2D eigenvalue weighted by Gasteiger charge is -2.31. The lowest BCUT2D eigenvalue weighted by molar-refractivity contribution is 0.115. The van der Waals surface area contributed by atoms with Gasteiger partial charge >= 0.3 is 6.03 Å². The Bertz CT molecular complexity index is 769. The highest BCUT2D eigenvalue weighted by molar-refractivity contribution is 6.30. The largest absolute Gasteiger partial charge is 0.490 e. The first-order valence-corrected chi connectivity index (χ1v) is 9.21. The van der Waals surface area contributed by atoms with E-state index in [0.29, 0.717) is 24.1 Å². The first-order chi connectivity index (χ1) is 12.4. The highest BCUT2D eigenvalue weighted by atomic mass is 35.5. The summed E-state index contributed by atoms with van der Waals surface area (Å²) in [6, 6.07) is 7.41. The van der Waals surface area contributed by atoms with Crippen LogP contribution in [-0.4, -0.2) is 44.9 Å². The molecule has 1 aliphatic heterocycles. The van der Waals surface area contributed by atoms with Crippen molar-refractivity contribution in [3.05, 3.63) is 35.1 Å². The van der Waals surface area contributed by atoms with E-state index in [2.05, 4.69) is 15.4 Å². The number of hydrogen-bond donors (Lipinski definition) is 1. The summed E-state index contributed by atoms with van der Waals surface area (Å²) in [5.41, 5.74) is 0. The normalized spacial score (nSPS) is 15.3. The molecular formula is C18H24ClN5O2. The van der Waals surface area contributed by atoms with Gasteiger partial charge in [-0.25, -0.2) is 9.48 Å². The Morgan fingerprint density at radius 2 is 2.08 bits per heavy atom. The van der Waals surface area contributed by atoms with Crippen molar-refractivity contribution >= 4 is 23.6 Å². The molecule has 7 nitrogen and oxygen atoms in total. The molecule has 0 atom stereocenters. The van der Waals surface area contributed by atoms with Crippen molar-refractivity contribution in [1.29, 1.82) is 0 Å². The number of likely N-dealkylation sites (tertiary alicyclic amines) is 1. The van der Waals surface area contributed by atoms with E-state index in [0.717, 1.165) is 24.4 Å². The van der Waals surface area contributed by atoms with Gasteiger partial charge in [-0.2, -0.15) is 4.98 Å². The summed E-state index contributed by atoms with van der Waals surface area (Å²) in [5.74, 6) is 1.89. The second-order valence-electron chi connectivity index (χ2n) is 6.71. The summed E-state index contributed by atoms with van der Waals surface area (Å²) in [5, 5.41) is 7.77. The molecular weight excluding hydrogens is 354 g/mol. The van der Waals surface area contributed by atoms with Crippen LogP contribution in [0.25, 0.3) is 0 Å². The highest BCUT2D eigenvalue weighted by Gasteiger charge is 2.25. The summed E-state index contributed by atoms with van der Waals surface area (Å²) in [4.78, 5) is 18.5. The van der Waals surface area contributed by atoms with Crippen LogP contribution < -0.4 is 10.1 Å². The van der Waals surface area contributed by atoms with Crippen LogP contribution in [-0.2, 0) is 0 Å². The van der Waals surface area contributed by atoms with Crippen LogP contribution in [0.15, 0.2) is 24.3 Å². The molecule has 0 saturated carbocycles. The average molecular weight is 378 g/mol. The van der Waals surface area contributed by atoms with Crippen LogP contribution >= 0.6 is 11.6 Å². The molecule has 1 aromatic carbocycles. The second kappa shape index (κ2) is 7.95. The van der Waals surface area contributed by atoms with Gasteiger partial charge in [0.25, 0.3) is 0 Å². The minimum Gasteiger partial charge on any atom is -0.490 e. The van der Waals surface area contributed by atoms with E-state index in [9.17, 15) is 4.79 Å². The third-order valence-electron chi connectivity index (χ3n) is 4.34. The maximum atomic E-state index is 12.4. The molecule has 3 rings (SSSR count). The van der Waals surface area contributed by atoms with E-state index in [1.54, 1.807) is 15.6 Å². The molecule has 0 aliphatic carbocycles. The predicted octanol–water partition coefficient (Wildman–Crippen LogP) is 3.90. The molecule has 8 heteroatoms. The number of aromatic nitrogens is 3. The Morgan fingerprint density at radius 1 is 1.35 bits per heavy atom. The molecule has 0 spiro atoms. The maximum Gasteiger partial charge on any atom is 0.324 e. The van der Waals surface area contributed by atoms with Crippen LogP contribution in [0.5, 0.6) is 5.75 Å². The Labute approximate surface area is 158 Å². The molecule has 2 amide bonds. The van der Waals surface area contributed by atoms with Crippen LogP contribution in [0.4, 0.5) is 10.7 Å². The number of carbonyl (C=O) groups is 1. The van der Waals surface area contributed by atoms with Gasteiger partial charge in [-0.1, -0.05) is 17.7 Å². The summed E-state index contributed by atoms with van der Waals surface area (Å²) >= 11 is 5.98. The molecule has 0 radical (unpaired) electrons. The van der Waals surface area contributed by atoms with Gasteiger partial charge in [0.05, 0.1) is 0 Å². The van der Waals surface area contributed by atoms with E-state index in [-0.39, 0.29) is 18.2 Å².